The fourth-order valence-corrected chi connectivity index (χ4v) is 2.44. The minimum absolute atomic E-state index is 0.127. The molecule has 0 aliphatic carbocycles. The average molecular weight is 280 g/mol. The first kappa shape index (κ1) is 14.8. The summed E-state index contributed by atoms with van der Waals surface area (Å²) in [6.07, 6.45) is 0.467. The Hall–Kier alpha value is -1.59. The summed E-state index contributed by atoms with van der Waals surface area (Å²) in [6.45, 7) is 5.05. The molecular weight excluding hydrogens is 260 g/mol. The first-order chi connectivity index (χ1) is 9.11. The van der Waals surface area contributed by atoms with Gasteiger partial charge in [-0.05, 0) is 45.7 Å². The van der Waals surface area contributed by atoms with Crippen LogP contribution in [0.1, 0.15) is 49.5 Å². The fourth-order valence-electron chi connectivity index (χ4n) is 2.44. The Morgan fingerprint density at radius 3 is 2.65 bits per heavy atom. The number of hydrogen-bond acceptors (Lipinski definition) is 4. The molecular formula is C15H20O5. The lowest BCUT2D eigenvalue weighted by atomic mass is 9.87. The molecule has 20 heavy (non-hydrogen) atoms. The van der Waals surface area contributed by atoms with E-state index in [-0.39, 0.29) is 5.56 Å². The third-order valence-corrected chi connectivity index (χ3v) is 3.69. The van der Waals surface area contributed by atoms with Gasteiger partial charge in [0.25, 0.3) is 0 Å². The molecule has 0 saturated carbocycles. The van der Waals surface area contributed by atoms with E-state index in [2.05, 4.69) is 0 Å². The fraction of sp³-hybridized carbons (Fsp3) is 0.533. The highest BCUT2D eigenvalue weighted by Crippen LogP contribution is 2.43. The molecule has 5 heteroatoms. The van der Waals surface area contributed by atoms with Gasteiger partial charge in [-0.25, -0.2) is 4.79 Å². The number of hydrogen-bond donors (Lipinski definition) is 3. The zero-order valence-corrected chi connectivity index (χ0v) is 11.9. The second-order valence-electron chi connectivity index (χ2n) is 6.12. The van der Waals surface area contributed by atoms with Crippen molar-refractivity contribution >= 4 is 5.97 Å². The molecule has 1 aliphatic rings. The first-order valence-electron chi connectivity index (χ1n) is 6.60. The Balaban J connectivity index is 2.23. The van der Waals surface area contributed by atoms with Crippen molar-refractivity contribution in [1.29, 1.82) is 0 Å². The molecule has 0 radical (unpaired) electrons. The summed E-state index contributed by atoms with van der Waals surface area (Å²) in [5.41, 5.74) is -1.30. The number of rotatable bonds is 4. The van der Waals surface area contributed by atoms with Crippen molar-refractivity contribution in [3.63, 3.8) is 0 Å². The van der Waals surface area contributed by atoms with Crippen LogP contribution in [0.25, 0.3) is 0 Å². The standard InChI is InChI=1S/C15H20O5/c1-14(2,18)7-6-12-15(3,19)10-5-4-9(13(16)17)8-11(10)20-12/h4-5,8,12,18-19H,6-7H2,1-3H3,(H,16,17)/t12-,15-/m1/s1. The summed E-state index contributed by atoms with van der Waals surface area (Å²) in [4.78, 5) is 10.9. The van der Waals surface area contributed by atoms with Crippen molar-refractivity contribution in [1.82, 2.24) is 0 Å². The topological polar surface area (TPSA) is 87.0 Å². The zero-order valence-electron chi connectivity index (χ0n) is 11.9. The number of carboxylic acids is 1. The Labute approximate surface area is 117 Å². The number of aliphatic hydroxyl groups is 2. The van der Waals surface area contributed by atoms with Gasteiger partial charge >= 0.3 is 5.97 Å². The van der Waals surface area contributed by atoms with Crippen LogP contribution in [0.15, 0.2) is 18.2 Å². The van der Waals surface area contributed by atoms with Crippen LogP contribution < -0.4 is 4.74 Å². The number of carbonyl (C=O) groups is 1. The Morgan fingerprint density at radius 1 is 1.45 bits per heavy atom. The lowest BCUT2D eigenvalue weighted by molar-refractivity contribution is -0.0398. The second-order valence-corrected chi connectivity index (χ2v) is 6.12. The number of benzene rings is 1. The monoisotopic (exact) mass is 280 g/mol. The highest BCUT2D eigenvalue weighted by Gasteiger charge is 2.44. The Bertz CT molecular complexity index is 528. The van der Waals surface area contributed by atoms with E-state index >= 15 is 0 Å². The molecule has 110 valence electrons. The van der Waals surface area contributed by atoms with E-state index in [0.717, 1.165) is 0 Å². The molecule has 0 amide bonds. The minimum Gasteiger partial charge on any atom is -0.487 e. The van der Waals surface area contributed by atoms with Crippen LogP contribution in [0.2, 0.25) is 0 Å². The van der Waals surface area contributed by atoms with Gasteiger partial charge in [-0.1, -0.05) is 6.07 Å². The maximum absolute atomic E-state index is 10.9. The molecule has 2 rings (SSSR count). The van der Waals surface area contributed by atoms with Crippen LogP contribution in [0.3, 0.4) is 0 Å². The quantitative estimate of drug-likeness (QED) is 0.784. The predicted molar refractivity (Wildman–Crippen MR) is 72.9 cm³/mol. The van der Waals surface area contributed by atoms with Crippen LogP contribution in [0.4, 0.5) is 0 Å². The molecule has 0 aromatic heterocycles. The van der Waals surface area contributed by atoms with Crippen molar-refractivity contribution in [2.45, 2.75) is 50.9 Å². The first-order valence-corrected chi connectivity index (χ1v) is 6.60. The number of aromatic carboxylic acids is 1. The summed E-state index contributed by atoms with van der Waals surface area (Å²) in [5, 5.41) is 29.3. The van der Waals surface area contributed by atoms with E-state index in [0.29, 0.717) is 24.2 Å². The van der Waals surface area contributed by atoms with E-state index in [4.69, 9.17) is 9.84 Å². The van der Waals surface area contributed by atoms with Crippen LogP contribution in [0, 0.1) is 0 Å². The summed E-state index contributed by atoms with van der Waals surface area (Å²) in [5.74, 6) is -0.633. The molecule has 1 heterocycles. The highest BCUT2D eigenvalue weighted by atomic mass is 16.5. The van der Waals surface area contributed by atoms with Crippen molar-refractivity contribution in [2.24, 2.45) is 0 Å². The molecule has 2 atom stereocenters. The van der Waals surface area contributed by atoms with Gasteiger partial charge in [0.05, 0.1) is 11.2 Å². The zero-order chi connectivity index (χ0) is 15.1. The van der Waals surface area contributed by atoms with Gasteiger partial charge in [-0.2, -0.15) is 0 Å². The van der Waals surface area contributed by atoms with Crippen molar-refractivity contribution in [3.05, 3.63) is 29.3 Å². The van der Waals surface area contributed by atoms with Crippen molar-refractivity contribution < 1.29 is 24.9 Å². The van der Waals surface area contributed by atoms with Crippen LogP contribution >= 0.6 is 0 Å². The lowest BCUT2D eigenvalue weighted by Crippen LogP contribution is -2.36. The van der Waals surface area contributed by atoms with E-state index in [1.807, 2.05) is 0 Å². The molecule has 1 aromatic rings. The third-order valence-electron chi connectivity index (χ3n) is 3.69. The predicted octanol–water partition coefficient (Wildman–Crippen LogP) is 1.90. The van der Waals surface area contributed by atoms with E-state index < -0.39 is 23.3 Å². The van der Waals surface area contributed by atoms with E-state index in [9.17, 15) is 15.0 Å². The third kappa shape index (κ3) is 2.78. The Morgan fingerprint density at radius 2 is 2.10 bits per heavy atom. The van der Waals surface area contributed by atoms with Gasteiger partial charge in [-0.3, -0.25) is 0 Å². The maximum Gasteiger partial charge on any atom is 0.335 e. The molecule has 0 fully saturated rings. The molecule has 0 saturated heterocycles. The van der Waals surface area contributed by atoms with Gasteiger partial charge in [-0.15, -0.1) is 0 Å². The largest absolute Gasteiger partial charge is 0.487 e. The van der Waals surface area contributed by atoms with Gasteiger partial charge in [0.1, 0.15) is 17.5 Å². The summed E-state index contributed by atoms with van der Waals surface area (Å²) < 4.78 is 5.68. The lowest BCUT2D eigenvalue weighted by Gasteiger charge is -2.27. The van der Waals surface area contributed by atoms with Gasteiger partial charge in [0.15, 0.2) is 0 Å². The molecule has 0 spiro atoms. The maximum atomic E-state index is 10.9. The Kier molecular flexibility index (Phi) is 3.52. The average Bonchev–Trinajstić information content (AvgIpc) is 2.57. The molecule has 1 aromatic carbocycles. The number of fused-ring (bicyclic) bond motifs is 1. The molecule has 0 unspecified atom stereocenters. The molecule has 3 N–H and O–H groups in total. The van der Waals surface area contributed by atoms with Crippen LogP contribution in [-0.2, 0) is 5.60 Å². The smallest absolute Gasteiger partial charge is 0.335 e. The summed E-state index contributed by atoms with van der Waals surface area (Å²) >= 11 is 0. The van der Waals surface area contributed by atoms with Crippen LogP contribution in [0.5, 0.6) is 5.75 Å². The van der Waals surface area contributed by atoms with E-state index in [1.54, 1.807) is 26.8 Å². The van der Waals surface area contributed by atoms with Gasteiger partial charge < -0.3 is 20.1 Å². The van der Waals surface area contributed by atoms with Crippen molar-refractivity contribution in [2.75, 3.05) is 0 Å². The second kappa shape index (κ2) is 4.75. The van der Waals surface area contributed by atoms with Crippen molar-refractivity contribution in [3.8, 4) is 5.75 Å². The SMILES string of the molecule is CC(C)(O)CC[C@H]1Oc2cc(C(=O)O)ccc2[C@@]1(C)O. The minimum atomic E-state index is -1.18. The van der Waals surface area contributed by atoms with Gasteiger partial charge in [0.2, 0.25) is 0 Å². The van der Waals surface area contributed by atoms with Gasteiger partial charge in [0, 0.05) is 5.56 Å². The number of carboxylic acid groups (broad SMARTS) is 1. The summed E-state index contributed by atoms with van der Waals surface area (Å²) in [6, 6.07) is 4.47. The highest BCUT2D eigenvalue weighted by molar-refractivity contribution is 5.88. The normalized spacial score (nSPS) is 25.1. The van der Waals surface area contributed by atoms with E-state index in [1.165, 1.54) is 12.1 Å². The molecule has 0 bridgehead atoms. The number of ether oxygens (including phenoxy) is 1. The molecule has 5 nitrogen and oxygen atoms in total. The van der Waals surface area contributed by atoms with Crippen LogP contribution in [-0.4, -0.2) is 33.0 Å². The summed E-state index contributed by atoms with van der Waals surface area (Å²) in [7, 11) is 0. The molecule has 1 aliphatic heterocycles.